The van der Waals surface area contributed by atoms with Gasteiger partial charge in [0.05, 0.1) is 10.5 Å². The van der Waals surface area contributed by atoms with Crippen LogP contribution in [0.15, 0.2) is 18.2 Å². The Balaban J connectivity index is 2.03. The van der Waals surface area contributed by atoms with Crippen molar-refractivity contribution in [3.63, 3.8) is 0 Å². The van der Waals surface area contributed by atoms with Crippen LogP contribution in [-0.4, -0.2) is 79.3 Å². The van der Waals surface area contributed by atoms with Gasteiger partial charge < -0.3 is 33.2 Å². The first-order valence-corrected chi connectivity index (χ1v) is 10.3. The largest absolute Gasteiger partial charge is 0.460 e. The smallest absolute Gasteiger partial charge is 0.303 e. The Hall–Kier alpha value is -3.62. The van der Waals surface area contributed by atoms with Crippen molar-refractivity contribution in [2.75, 3.05) is 7.11 Å². The monoisotopic (exact) mass is 497 g/mol. The van der Waals surface area contributed by atoms with Crippen LogP contribution in [0.3, 0.4) is 0 Å². The molecule has 1 aromatic carbocycles. The van der Waals surface area contributed by atoms with E-state index < -0.39 is 65.9 Å². The molecular weight excluding hydrogens is 474 g/mol. The summed E-state index contributed by atoms with van der Waals surface area (Å²) in [6.45, 7) is 3.31. The zero-order chi connectivity index (χ0) is 25.9. The Kier molecular flexibility index (Phi) is 7.99. The Morgan fingerprint density at radius 3 is 2.00 bits per heavy atom. The van der Waals surface area contributed by atoms with Crippen LogP contribution in [0.5, 0.6) is 5.75 Å². The van der Waals surface area contributed by atoms with Crippen LogP contribution in [0.4, 0.5) is 5.69 Å². The third-order valence-electron chi connectivity index (χ3n) is 5.05. The number of methoxy groups -OCH3 is 1. The minimum absolute atomic E-state index is 0.140. The second kappa shape index (κ2) is 10.8. The molecule has 0 aliphatic carbocycles. The standard InChI is InChI=1S/C21H23NO13/c1-9(24)30-15-16(31-10(2)25)19(32-11(3)26)21(34-17(15)18-20(29-4)35-18)33-14-6-5-13(22(27)28)7-12(14)8-23/h5-8,15-21H,1-4H3. The van der Waals surface area contributed by atoms with Crippen LogP contribution in [0.2, 0.25) is 0 Å². The van der Waals surface area contributed by atoms with Gasteiger partial charge in [0.25, 0.3) is 5.69 Å². The summed E-state index contributed by atoms with van der Waals surface area (Å²) in [4.78, 5) is 57.5. The Bertz CT molecular complexity index is 1010. The van der Waals surface area contributed by atoms with E-state index in [1.165, 1.54) is 7.11 Å². The van der Waals surface area contributed by atoms with E-state index in [1.54, 1.807) is 0 Å². The molecule has 35 heavy (non-hydrogen) atoms. The number of hydrogen-bond acceptors (Lipinski definition) is 13. The van der Waals surface area contributed by atoms with Crippen LogP contribution >= 0.6 is 0 Å². The van der Waals surface area contributed by atoms with Crippen molar-refractivity contribution < 1.29 is 57.3 Å². The molecule has 7 atom stereocenters. The topological polar surface area (TPSA) is 179 Å². The van der Waals surface area contributed by atoms with Gasteiger partial charge in [0.2, 0.25) is 12.4 Å². The lowest BCUT2D eigenvalue weighted by Crippen LogP contribution is -2.64. The maximum atomic E-state index is 11.9. The number of rotatable bonds is 9. The Morgan fingerprint density at radius 1 is 0.914 bits per heavy atom. The molecule has 7 unspecified atom stereocenters. The zero-order valence-electron chi connectivity index (χ0n) is 19.1. The van der Waals surface area contributed by atoms with Crippen molar-refractivity contribution in [2.24, 2.45) is 0 Å². The molecule has 0 spiro atoms. The van der Waals surface area contributed by atoms with Crippen molar-refractivity contribution in [1.82, 2.24) is 0 Å². The molecule has 190 valence electrons. The van der Waals surface area contributed by atoms with Gasteiger partial charge in [-0.3, -0.25) is 29.3 Å². The van der Waals surface area contributed by atoms with Gasteiger partial charge in [0.15, 0.2) is 24.8 Å². The predicted molar refractivity (Wildman–Crippen MR) is 110 cm³/mol. The first kappa shape index (κ1) is 26.0. The van der Waals surface area contributed by atoms with Crippen molar-refractivity contribution in [3.05, 3.63) is 33.9 Å². The number of carbonyl (C=O) groups is 4. The average molecular weight is 497 g/mol. The lowest BCUT2D eigenvalue weighted by atomic mass is 9.95. The number of hydrogen-bond donors (Lipinski definition) is 0. The number of nitro groups is 1. The van der Waals surface area contributed by atoms with Gasteiger partial charge in [-0.25, -0.2) is 0 Å². The van der Waals surface area contributed by atoms with E-state index in [0.717, 1.165) is 39.0 Å². The molecule has 0 amide bonds. The lowest BCUT2D eigenvalue weighted by Gasteiger charge is -2.43. The Morgan fingerprint density at radius 2 is 1.49 bits per heavy atom. The van der Waals surface area contributed by atoms with E-state index in [2.05, 4.69) is 0 Å². The zero-order valence-corrected chi connectivity index (χ0v) is 19.1. The maximum absolute atomic E-state index is 11.9. The quantitative estimate of drug-likeness (QED) is 0.116. The van der Waals surface area contributed by atoms with Crippen molar-refractivity contribution in [3.8, 4) is 5.75 Å². The van der Waals surface area contributed by atoms with Gasteiger partial charge in [-0.2, -0.15) is 0 Å². The second-order valence-corrected chi connectivity index (χ2v) is 7.61. The summed E-state index contributed by atoms with van der Waals surface area (Å²) < 4.78 is 38.3. The van der Waals surface area contributed by atoms with Gasteiger partial charge in [0.1, 0.15) is 18.0 Å². The fourth-order valence-corrected chi connectivity index (χ4v) is 3.67. The van der Waals surface area contributed by atoms with E-state index >= 15 is 0 Å². The highest BCUT2D eigenvalue weighted by molar-refractivity contribution is 5.80. The minimum Gasteiger partial charge on any atom is -0.460 e. The summed E-state index contributed by atoms with van der Waals surface area (Å²) in [5, 5.41) is 11.0. The molecule has 0 N–H and O–H groups in total. The molecule has 2 heterocycles. The fourth-order valence-electron chi connectivity index (χ4n) is 3.67. The first-order valence-electron chi connectivity index (χ1n) is 10.3. The molecule has 0 saturated carbocycles. The van der Waals surface area contributed by atoms with Gasteiger partial charge in [-0.05, 0) is 6.07 Å². The average Bonchev–Trinajstić information content (AvgIpc) is 3.56. The third-order valence-corrected chi connectivity index (χ3v) is 5.05. The van der Waals surface area contributed by atoms with Gasteiger partial charge in [-0.15, -0.1) is 0 Å². The summed E-state index contributed by atoms with van der Waals surface area (Å²) in [7, 11) is 1.38. The molecule has 2 saturated heterocycles. The van der Waals surface area contributed by atoms with E-state index in [-0.39, 0.29) is 17.0 Å². The van der Waals surface area contributed by atoms with Crippen LogP contribution in [-0.2, 0) is 42.8 Å². The molecule has 1 aromatic rings. The van der Waals surface area contributed by atoms with E-state index in [0.29, 0.717) is 6.29 Å². The summed E-state index contributed by atoms with van der Waals surface area (Å²) in [6.07, 6.45) is -7.94. The van der Waals surface area contributed by atoms with E-state index in [1.807, 2.05) is 0 Å². The molecule has 3 rings (SSSR count). The van der Waals surface area contributed by atoms with Gasteiger partial charge >= 0.3 is 17.9 Å². The Labute approximate surface area is 198 Å². The SMILES string of the molecule is COC1OC1C1OC(Oc2ccc([N+](=O)[O-])cc2C=O)C(OC(C)=O)C(OC(C)=O)C1OC(C)=O. The number of nitrogens with zero attached hydrogens (tertiary/aromatic N) is 1. The molecule has 14 heteroatoms. The number of nitro benzene ring substituents is 1. The molecule has 14 nitrogen and oxygen atoms in total. The fraction of sp³-hybridized carbons (Fsp3) is 0.524. The van der Waals surface area contributed by atoms with Gasteiger partial charge in [-0.1, -0.05) is 0 Å². The molecular formula is C21H23NO13. The molecule has 0 bridgehead atoms. The predicted octanol–water partition coefficient (Wildman–Crippen LogP) is 0.677. The molecule has 2 aliphatic rings. The summed E-state index contributed by atoms with van der Waals surface area (Å²) in [5.74, 6) is -2.47. The summed E-state index contributed by atoms with van der Waals surface area (Å²) in [5.41, 5.74) is -0.551. The van der Waals surface area contributed by atoms with Crippen molar-refractivity contribution in [1.29, 1.82) is 0 Å². The highest BCUT2D eigenvalue weighted by atomic mass is 16.8. The number of aldehydes is 1. The summed E-state index contributed by atoms with van der Waals surface area (Å²) in [6, 6.07) is 3.24. The molecule has 2 fully saturated rings. The normalized spacial score (nSPS) is 29.4. The lowest BCUT2D eigenvalue weighted by molar-refractivity contribution is -0.384. The van der Waals surface area contributed by atoms with Crippen LogP contribution in [0, 0.1) is 10.1 Å². The number of epoxide rings is 1. The first-order chi connectivity index (χ1) is 16.5. The van der Waals surface area contributed by atoms with Crippen molar-refractivity contribution >= 4 is 29.9 Å². The highest BCUT2D eigenvalue weighted by Crippen LogP contribution is 2.39. The van der Waals surface area contributed by atoms with E-state index in [9.17, 15) is 29.3 Å². The number of benzene rings is 1. The van der Waals surface area contributed by atoms with Crippen molar-refractivity contribution in [2.45, 2.75) is 63.9 Å². The molecule has 2 aliphatic heterocycles. The van der Waals surface area contributed by atoms with Gasteiger partial charge in [0, 0.05) is 40.0 Å². The number of ether oxygens (including phenoxy) is 7. The summed E-state index contributed by atoms with van der Waals surface area (Å²) >= 11 is 0. The van der Waals surface area contributed by atoms with Crippen LogP contribution in [0.25, 0.3) is 0 Å². The number of carbonyl (C=O) groups excluding carboxylic acids is 4. The maximum Gasteiger partial charge on any atom is 0.303 e. The third kappa shape index (κ3) is 6.09. The number of non-ortho nitro benzene ring substituents is 1. The van der Waals surface area contributed by atoms with Crippen LogP contribution < -0.4 is 4.74 Å². The minimum atomic E-state index is -1.51. The van der Waals surface area contributed by atoms with E-state index in [4.69, 9.17) is 33.2 Å². The van der Waals surface area contributed by atoms with Crippen LogP contribution in [0.1, 0.15) is 31.1 Å². The second-order valence-electron chi connectivity index (χ2n) is 7.61. The molecule has 0 radical (unpaired) electrons. The highest BCUT2D eigenvalue weighted by Gasteiger charge is 2.61. The number of esters is 3. The molecule has 0 aromatic heterocycles.